The van der Waals surface area contributed by atoms with Crippen molar-refractivity contribution < 1.29 is 33.6 Å². The first kappa shape index (κ1) is 13.7. The molecule has 2 aliphatic rings. The molecule has 0 radical (unpaired) electrons. The number of halogens is 1. The molecule has 1 N–H and O–H groups in total. The molecular weight excluding hydrogens is 301 g/mol. The van der Waals surface area contributed by atoms with Gasteiger partial charge < -0.3 is 33.6 Å². The summed E-state index contributed by atoms with van der Waals surface area (Å²) in [5.41, 5.74) is 0. The Morgan fingerprint density at radius 1 is 1.13 bits per heavy atom. The van der Waals surface area contributed by atoms with Crippen LogP contribution in [0.5, 0.6) is 0 Å². The maximum Gasteiger partial charge on any atom is 0.0917 e. The number of aliphatic hydroxyl groups excluding tert-OH is 1. The minimum atomic E-state index is 0. The van der Waals surface area contributed by atoms with Crippen molar-refractivity contribution in [1.82, 2.24) is 0 Å². The maximum absolute atomic E-state index is 9.09. The summed E-state index contributed by atoms with van der Waals surface area (Å²) in [4.78, 5) is 0. The Morgan fingerprint density at radius 3 is 2.60 bits per heavy atom. The smallest absolute Gasteiger partial charge is 0.0917 e. The first-order valence-electron chi connectivity index (χ1n) is 6.21. The van der Waals surface area contributed by atoms with Gasteiger partial charge in [-0.15, -0.1) is 0 Å². The predicted molar refractivity (Wildman–Crippen MR) is 58.0 cm³/mol. The number of fused-ring (bicyclic) bond motifs is 1. The summed E-state index contributed by atoms with van der Waals surface area (Å²) in [5.74, 6) is 0.805. The lowest BCUT2D eigenvalue weighted by Crippen LogP contribution is -3.00. The Balaban J connectivity index is 0.00000112. The molecule has 2 heterocycles. The van der Waals surface area contributed by atoms with E-state index < -0.39 is 0 Å². The molecule has 15 heavy (non-hydrogen) atoms. The number of quaternary nitrogens is 1. The Bertz CT molecular complexity index is 194. The Kier molecular flexibility index (Phi) is 5.32. The number of hydrogen-bond donors (Lipinski definition) is 1. The summed E-state index contributed by atoms with van der Waals surface area (Å²) in [6.07, 6.45) is 8.01. The first-order chi connectivity index (χ1) is 6.76. The van der Waals surface area contributed by atoms with E-state index in [0.717, 1.165) is 18.4 Å². The summed E-state index contributed by atoms with van der Waals surface area (Å²) < 4.78 is 1.31. The predicted octanol–water partition coefficient (Wildman–Crippen LogP) is -1.22. The minimum absolute atomic E-state index is 0. The van der Waals surface area contributed by atoms with Crippen LogP contribution in [0, 0.1) is 5.92 Å². The fourth-order valence-corrected chi connectivity index (χ4v) is 3.74. The molecule has 2 fully saturated rings. The zero-order chi connectivity index (χ0) is 10.0. The van der Waals surface area contributed by atoms with Gasteiger partial charge in [-0.25, -0.2) is 0 Å². The van der Waals surface area contributed by atoms with Gasteiger partial charge in [-0.3, -0.25) is 0 Å². The van der Waals surface area contributed by atoms with Crippen LogP contribution < -0.4 is 24.0 Å². The molecule has 0 amide bonds. The number of piperidine rings is 2. The summed E-state index contributed by atoms with van der Waals surface area (Å²) in [5, 5.41) is 9.09. The molecule has 3 heteroatoms. The SMILES string of the molecule is C[N+]12CCCC[C@@H]1[C@H](CCO)CCC2.[I-]. The van der Waals surface area contributed by atoms with E-state index in [9.17, 15) is 0 Å². The zero-order valence-corrected chi connectivity index (χ0v) is 11.9. The van der Waals surface area contributed by atoms with Gasteiger partial charge in [0.05, 0.1) is 26.2 Å². The molecule has 2 aliphatic heterocycles. The number of aliphatic hydroxyl groups is 1. The van der Waals surface area contributed by atoms with Crippen molar-refractivity contribution >= 4 is 0 Å². The fraction of sp³-hybridized carbons (Fsp3) is 1.00. The third-order valence-corrected chi connectivity index (χ3v) is 4.51. The molecule has 2 nitrogen and oxygen atoms in total. The van der Waals surface area contributed by atoms with E-state index in [1.54, 1.807) is 0 Å². The Labute approximate surface area is 111 Å². The van der Waals surface area contributed by atoms with Gasteiger partial charge in [0, 0.05) is 12.5 Å². The van der Waals surface area contributed by atoms with Crippen molar-refractivity contribution in [2.75, 3.05) is 26.7 Å². The van der Waals surface area contributed by atoms with Crippen molar-refractivity contribution in [1.29, 1.82) is 0 Å². The van der Waals surface area contributed by atoms with Gasteiger partial charge in [0.1, 0.15) is 0 Å². The minimum Gasteiger partial charge on any atom is -1.00 e. The normalized spacial score (nSPS) is 40.4. The third kappa shape index (κ3) is 2.86. The van der Waals surface area contributed by atoms with E-state index in [0.29, 0.717) is 6.61 Å². The van der Waals surface area contributed by atoms with Crippen molar-refractivity contribution in [3.8, 4) is 0 Å². The number of rotatable bonds is 2. The third-order valence-electron chi connectivity index (χ3n) is 4.51. The van der Waals surface area contributed by atoms with Gasteiger partial charge in [0.15, 0.2) is 0 Å². The molecule has 0 aromatic heterocycles. The molecule has 2 rings (SSSR count). The number of hydrogen-bond acceptors (Lipinski definition) is 1. The van der Waals surface area contributed by atoms with Gasteiger partial charge in [-0.1, -0.05) is 0 Å². The second kappa shape index (κ2) is 5.82. The highest BCUT2D eigenvalue weighted by Gasteiger charge is 2.42. The van der Waals surface area contributed by atoms with Gasteiger partial charge in [-0.2, -0.15) is 0 Å². The Morgan fingerprint density at radius 2 is 1.87 bits per heavy atom. The quantitative estimate of drug-likeness (QED) is 0.499. The van der Waals surface area contributed by atoms with Crippen molar-refractivity contribution in [2.24, 2.45) is 5.92 Å². The number of nitrogens with zero attached hydrogens (tertiary/aromatic N) is 1. The Hall–Kier alpha value is 0.650. The van der Waals surface area contributed by atoms with Gasteiger partial charge in [0.2, 0.25) is 0 Å². The zero-order valence-electron chi connectivity index (χ0n) is 9.79. The van der Waals surface area contributed by atoms with Crippen LogP contribution >= 0.6 is 0 Å². The van der Waals surface area contributed by atoms with E-state index in [-0.39, 0.29) is 24.0 Å². The second-order valence-corrected chi connectivity index (χ2v) is 5.40. The van der Waals surface area contributed by atoms with Crippen LogP contribution in [0.1, 0.15) is 38.5 Å². The van der Waals surface area contributed by atoms with Gasteiger partial charge >= 0.3 is 0 Å². The molecule has 0 bridgehead atoms. The van der Waals surface area contributed by atoms with Crippen LogP contribution in [0.2, 0.25) is 0 Å². The highest BCUT2D eigenvalue weighted by molar-refractivity contribution is 4.78. The van der Waals surface area contributed by atoms with Crippen LogP contribution in [0.15, 0.2) is 0 Å². The molecule has 0 aliphatic carbocycles. The lowest BCUT2D eigenvalue weighted by molar-refractivity contribution is -0.947. The summed E-state index contributed by atoms with van der Waals surface area (Å²) >= 11 is 0. The molecule has 90 valence electrons. The van der Waals surface area contributed by atoms with Crippen LogP contribution in [-0.4, -0.2) is 42.4 Å². The summed E-state index contributed by atoms with van der Waals surface area (Å²) in [6, 6.07) is 0.865. The van der Waals surface area contributed by atoms with Crippen molar-refractivity contribution in [3.63, 3.8) is 0 Å². The molecular formula is C12H24INO. The van der Waals surface area contributed by atoms with Crippen LogP contribution in [0.4, 0.5) is 0 Å². The molecule has 0 spiro atoms. The molecule has 0 saturated carbocycles. The summed E-state index contributed by atoms with van der Waals surface area (Å²) in [7, 11) is 2.44. The average molecular weight is 325 g/mol. The van der Waals surface area contributed by atoms with E-state index in [2.05, 4.69) is 7.05 Å². The highest BCUT2D eigenvalue weighted by atomic mass is 127. The molecule has 3 atom stereocenters. The van der Waals surface area contributed by atoms with Crippen LogP contribution in [-0.2, 0) is 0 Å². The first-order valence-corrected chi connectivity index (χ1v) is 6.21. The molecule has 0 aromatic carbocycles. The summed E-state index contributed by atoms with van der Waals surface area (Å²) in [6.45, 7) is 3.15. The highest BCUT2D eigenvalue weighted by Crippen LogP contribution is 2.37. The standard InChI is InChI=1S/C12H24NO.HI/c1-13-8-3-2-6-12(13)11(7-10-14)5-4-9-13;/h11-12,14H,2-10H2,1H3;1H/q+1;/p-1/t11-,12+,13?;/m0./s1. The van der Waals surface area contributed by atoms with Crippen LogP contribution in [0.25, 0.3) is 0 Å². The van der Waals surface area contributed by atoms with Gasteiger partial charge in [0.25, 0.3) is 0 Å². The molecule has 1 unspecified atom stereocenters. The second-order valence-electron chi connectivity index (χ2n) is 5.40. The van der Waals surface area contributed by atoms with E-state index in [1.807, 2.05) is 0 Å². The lowest BCUT2D eigenvalue weighted by Gasteiger charge is -2.51. The van der Waals surface area contributed by atoms with Crippen molar-refractivity contribution in [3.05, 3.63) is 0 Å². The fourth-order valence-electron chi connectivity index (χ4n) is 3.74. The van der Waals surface area contributed by atoms with E-state index in [1.165, 1.54) is 49.7 Å². The van der Waals surface area contributed by atoms with Gasteiger partial charge in [-0.05, 0) is 38.5 Å². The van der Waals surface area contributed by atoms with E-state index in [4.69, 9.17) is 5.11 Å². The largest absolute Gasteiger partial charge is 1.00 e. The average Bonchev–Trinajstić information content (AvgIpc) is 2.18. The topological polar surface area (TPSA) is 20.2 Å². The van der Waals surface area contributed by atoms with Crippen LogP contribution in [0.3, 0.4) is 0 Å². The molecule has 2 saturated heterocycles. The monoisotopic (exact) mass is 325 g/mol. The maximum atomic E-state index is 9.09. The molecule has 0 aromatic rings. The lowest BCUT2D eigenvalue weighted by atomic mass is 9.80. The van der Waals surface area contributed by atoms with Crippen molar-refractivity contribution in [2.45, 2.75) is 44.6 Å². The van der Waals surface area contributed by atoms with E-state index >= 15 is 0 Å².